The molecular weight excluding hydrogens is 758 g/mol. The number of hydrogen-bond acceptors (Lipinski definition) is 10. The van der Waals surface area contributed by atoms with Gasteiger partial charge in [-0.1, -0.05) is 39.3 Å². The van der Waals surface area contributed by atoms with Crippen LogP contribution in [0.5, 0.6) is 5.75 Å². The summed E-state index contributed by atoms with van der Waals surface area (Å²) >= 11 is 6.25. The largest absolute Gasteiger partial charge is 0.489 e. The average molecular weight is 808 g/mol. The van der Waals surface area contributed by atoms with Gasteiger partial charge in [-0.2, -0.15) is 9.94 Å². The number of piperazine rings is 1. The van der Waals surface area contributed by atoms with Crippen LogP contribution in [-0.4, -0.2) is 94.8 Å². The second kappa shape index (κ2) is 15.4. The van der Waals surface area contributed by atoms with Crippen LogP contribution in [0, 0.1) is 28.1 Å². The molecule has 4 fully saturated rings. The number of aromatic nitrogens is 3. The third-order valence-electron chi connectivity index (χ3n) is 12.8. The Morgan fingerprint density at radius 2 is 1.60 bits per heavy atom. The highest BCUT2D eigenvalue weighted by Crippen LogP contribution is 2.55. The van der Waals surface area contributed by atoms with Gasteiger partial charge in [0.25, 0.3) is 11.8 Å². The van der Waals surface area contributed by atoms with Crippen LogP contribution in [0.25, 0.3) is 5.65 Å². The molecule has 14 nitrogen and oxygen atoms in total. The SMILES string of the molecule is CC1(C)C(NC(=O)c2ccc(N3CCC(CN4CCN(c5ccn6c(=O)n([C@@H]7CCC(=O)NC7=O)nc6c5)CC4)CC3)cc2)C(C)(C)C1Oc1ccc(C#N)c(Cl)c1. The molecule has 15 heteroatoms. The number of ether oxygens (including phenoxy) is 1. The van der Waals surface area contributed by atoms with E-state index in [1.165, 1.54) is 9.08 Å². The van der Waals surface area contributed by atoms with Crippen LogP contribution in [0.2, 0.25) is 5.02 Å². The van der Waals surface area contributed by atoms with Gasteiger partial charge in [-0.15, -0.1) is 5.10 Å². The molecule has 2 N–H and O–H groups in total. The van der Waals surface area contributed by atoms with E-state index in [1.54, 1.807) is 24.4 Å². The summed E-state index contributed by atoms with van der Waals surface area (Å²) in [6.45, 7) is 15.0. The van der Waals surface area contributed by atoms with Crippen LogP contribution in [0.15, 0.2) is 65.6 Å². The number of rotatable bonds is 9. The Labute approximate surface area is 342 Å². The molecule has 1 atom stereocenters. The lowest BCUT2D eigenvalue weighted by Crippen LogP contribution is -2.74. The number of nitrogens with zero attached hydrogens (tertiary/aromatic N) is 7. The maximum absolute atomic E-state index is 13.5. The first kappa shape index (κ1) is 39.4. The maximum atomic E-state index is 13.5. The van der Waals surface area contributed by atoms with E-state index >= 15 is 0 Å². The first-order valence-electron chi connectivity index (χ1n) is 20.2. The number of amides is 3. The summed E-state index contributed by atoms with van der Waals surface area (Å²) in [6.07, 6.45) is 4.19. The van der Waals surface area contributed by atoms with Crippen LogP contribution in [0.1, 0.15) is 75.3 Å². The summed E-state index contributed by atoms with van der Waals surface area (Å²) in [4.78, 5) is 57.8. The fraction of sp³-hybridized carbons (Fsp3) is 0.488. The van der Waals surface area contributed by atoms with Crippen LogP contribution in [0.3, 0.4) is 0 Å². The molecule has 3 saturated heterocycles. The van der Waals surface area contributed by atoms with Crippen molar-refractivity contribution in [2.45, 2.75) is 71.6 Å². The molecule has 58 heavy (non-hydrogen) atoms. The number of benzene rings is 2. The van der Waals surface area contributed by atoms with Gasteiger partial charge in [0.1, 0.15) is 24.0 Å². The Hall–Kier alpha value is -5.39. The highest BCUT2D eigenvalue weighted by molar-refractivity contribution is 6.31. The lowest BCUT2D eigenvalue weighted by molar-refractivity contribution is -0.164. The molecule has 1 saturated carbocycles. The number of anilines is 2. The summed E-state index contributed by atoms with van der Waals surface area (Å²) < 4.78 is 9.03. The predicted molar refractivity (Wildman–Crippen MR) is 220 cm³/mol. The third-order valence-corrected chi connectivity index (χ3v) is 13.1. The monoisotopic (exact) mass is 807 g/mol. The van der Waals surface area contributed by atoms with Crippen molar-refractivity contribution in [2.24, 2.45) is 16.7 Å². The van der Waals surface area contributed by atoms with Gasteiger partial charge >= 0.3 is 5.69 Å². The molecule has 0 spiro atoms. The van der Waals surface area contributed by atoms with E-state index < -0.39 is 11.9 Å². The van der Waals surface area contributed by atoms with Gasteiger partial charge in [0.2, 0.25) is 5.91 Å². The number of pyridine rings is 1. The lowest BCUT2D eigenvalue weighted by atomic mass is 9.49. The molecule has 2 aromatic heterocycles. The zero-order valence-electron chi connectivity index (χ0n) is 33.4. The van der Waals surface area contributed by atoms with Crippen molar-refractivity contribution in [1.82, 2.24) is 29.7 Å². The van der Waals surface area contributed by atoms with Gasteiger partial charge in [0, 0.05) is 104 Å². The molecule has 3 amide bonds. The number of nitriles is 1. The quantitative estimate of drug-likeness (QED) is 0.228. The number of nitrogens with one attached hydrogen (secondary N) is 2. The highest BCUT2D eigenvalue weighted by atomic mass is 35.5. The minimum Gasteiger partial charge on any atom is -0.489 e. The predicted octanol–water partition coefficient (Wildman–Crippen LogP) is 4.65. The Bertz CT molecular complexity index is 2320. The van der Waals surface area contributed by atoms with E-state index in [9.17, 15) is 24.4 Å². The number of hydrogen-bond donors (Lipinski definition) is 2. The summed E-state index contributed by atoms with van der Waals surface area (Å²) in [7, 11) is 0. The second-order valence-corrected chi connectivity index (χ2v) is 17.8. The molecule has 0 unspecified atom stereocenters. The molecule has 2 aromatic carbocycles. The Morgan fingerprint density at radius 1 is 0.914 bits per heavy atom. The Kier molecular flexibility index (Phi) is 10.5. The maximum Gasteiger partial charge on any atom is 0.351 e. The van der Waals surface area contributed by atoms with Crippen LogP contribution in [-0.2, 0) is 9.59 Å². The van der Waals surface area contributed by atoms with Gasteiger partial charge in [-0.05, 0) is 67.6 Å². The summed E-state index contributed by atoms with van der Waals surface area (Å²) in [6, 6.07) is 18.0. The van der Waals surface area contributed by atoms with Crippen LogP contribution >= 0.6 is 11.6 Å². The van der Waals surface area contributed by atoms with Gasteiger partial charge in [0.05, 0.1) is 10.6 Å². The van der Waals surface area contributed by atoms with E-state index in [-0.39, 0.29) is 53.3 Å². The fourth-order valence-corrected chi connectivity index (χ4v) is 10.1. The smallest absolute Gasteiger partial charge is 0.351 e. The van der Waals surface area contributed by atoms with Crippen molar-refractivity contribution in [2.75, 3.05) is 55.6 Å². The number of fused-ring (bicyclic) bond motifs is 1. The molecule has 0 radical (unpaired) electrons. The first-order valence-corrected chi connectivity index (χ1v) is 20.5. The molecule has 4 aromatic rings. The minimum absolute atomic E-state index is 0.104. The second-order valence-electron chi connectivity index (χ2n) is 17.4. The zero-order chi connectivity index (χ0) is 40.9. The van der Waals surface area contributed by atoms with Crippen LogP contribution < -0.4 is 30.9 Å². The molecule has 5 heterocycles. The number of imide groups is 1. The minimum atomic E-state index is -0.790. The van der Waals surface area contributed by atoms with Gasteiger partial charge < -0.3 is 19.9 Å². The molecule has 8 rings (SSSR count). The standard InChI is InChI=1S/C43H50ClN9O5/c1-42(2)39(43(3,4)40(42)58-32-10-7-29(25-45)33(44)24-32)47-37(55)28-5-8-30(9-6-28)50-16-13-27(14-17-50)26-49-19-21-51(22-20-49)31-15-18-52-35(23-31)48-53(41(52)57)34-11-12-36(54)46-38(34)56/h5-10,15,18,23-24,27,34,39-40H,11-14,16-17,19-22,26H2,1-4H3,(H,47,55)(H,46,54,56)/t34-,39?,40?/m1/s1. The van der Waals surface area contributed by atoms with Gasteiger partial charge in [-0.25, -0.2) is 4.79 Å². The van der Waals surface area contributed by atoms with Crippen molar-refractivity contribution in [3.8, 4) is 11.8 Å². The third kappa shape index (κ3) is 7.41. The van der Waals surface area contributed by atoms with E-state index in [0.717, 1.165) is 70.0 Å². The first-order chi connectivity index (χ1) is 27.7. The zero-order valence-corrected chi connectivity index (χ0v) is 34.2. The normalized spacial score (nSPS) is 23.6. The molecule has 304 valence electrons. The fourth-order valence-electron chi connectivity index (χ4n) is 9.86. The molecule has 4 aliphatic rings. The van der Waals surface area contributed by atoms with Crippen molar-refractivity contribution >= 4 is 46.3 Å². The van der Waals surface area contributed by atoms with E-state index in [0.29, 0.717) is 33.5 Å². The van der Waals surface area contributed by atoms with Crippen molar-refractivity contribution in [3.63, 3.8) is 0 Å². The number of carbonyl (C=O) groups excluding carboxylic acids is 3. The molecular formula is C43H50ClN9O5. The summed E-state index contributed by atoms with van der Waals surface area (Å²) in [5, 5.41) is 19.6. The lowest BCUT2D eigenvalue weighted by Gasteiger charge is -2.63. The average Bonchev–Trinajstić information content (AvgIpc) is 3.54. The van der Waals surface area contributed by atoms with Gasteiger partial charge in [0.15, 0.2) is 5.65 Å². The topological polar surface area (TPSA) is 157 Å². The van der Waals surface area contributed by atoms with Gasteiger partial charge in [-0.3, -0.25) is 29.0 Å². The van der Waals surface area contributed by atoms with Crippen molar-refractivity contribution in [3.05, 3.63) is 87.4 Å². The number of piperidine rings is 2. The van der Waals surface area contributed by atoms with E-state index in [1.807, 2.05) is 24.3 Å². The van der Waals surface area contributed by atoms with E-state index in [4.69, 9.17) is 16.3 Å². The summed E-state index contributed by atoms with van der Waals surface area (Å²) in [5.74, 6) is 0.293. The van der Waals surface area contributed by atoms with E-state index in [2.05, 4.69) is 76.3 Å². The number of halogens is 1. The number of carbonyl (C=O) groups is 3. The molecule has 3 aliphatic heterocycles. The van der Waals surface area contributed by atoms with Crippen LogP contribution in [0.4, 0.5) is 11.4 Å². The Morgan fingerprint density at radius 3 is 2.26 bits per heavy atom. The van der Waals surface area contributed by atoms with Crippen molar-refractivity contribution < 1.29 is 19.1 Å². The highest BCUT2D eigenvalue weighted by Gasteiger charge is 2.64. The molecule has 1 aliphatic carbocycles. The Balaban J connectivity index is 0.794. The molecule has 0 bridgehead atoms. The van der Waals surface area contributed by atoms with Crippen molar-refractivity contribution in [1.29, 1.82) is 5.26 Å². The summed E-state index contributed by atoms with van der Waals surface area (Å²) in [5.41, 5.74) is 2.55.